The van der Waals surface area contributed by atoms with Crippen LogP contribution in [0.1, 0.15) is 83.0 Å². The molecule has 2 amide bonds. The van der Waals surface area contributed by atoms with E-state index in [-0.39, 0.29) is 116 Å². The second-order valence-electron chi connectivity index (χ2n) is 28.0. The number of benzene rings is 3. The van der Waals surface area contributed by atoms with Gasteiger partial charge in [-0.05, 0) is 191 Å². The molecule has 49 heteroatoms. The number of ether oxygens (including phenoxy) is 2. The van der Waals surface area contributed by atoms with E-state index in [1.807, 2.05) is 0 Å². The summed E-state index contributed by atoms with van der Waals surface area (Å²) in [6.07, 6.45) is -16.7. The summed E-state index contributed by atoms with van der Waals surface area (Å²) in [4.78, 5) is 53.2. The molecule has 0 radical (unpaired) electrons. The number of fused-ring (bicyclic) bond motifs is 5. The van der Waals surface area contributed by atoms with Gasteiger partial charge in [0, 0.05) is 102 Å². The Balaban J connectivity index is 0.000000211. The van der Waals surface area contributed by atoms with Gasteiger partial charge in [0.15, 0.2) is 0 Å². The number of carbonyl (C=O) groups is 2. The summed E-state index contributed by atoms with van der Waals surface area (Å²) in [5.74, 6) is 0. The van der Waals surface area contributed by atoms with Gasteiger partial charge < -0.3 is 60.8 Å². The second-order valence-corrected chi connectivity index (χ2v) is 34.6. The lowest BCUT2D eigenvalue weighted by Gasteiger charge is -2.19. The molecule has 0 fully saturated rings. The number of aromatic amines is 5. The molecule has 0 aliphatic rings. The average Bonchev–Trinajstić information content (AvgIpc) is 1.64. The fraction of sp³-hybridized carbons (Fsp3) is 0.276. The van der Waals surface area contributed by atoms with Crippen molar-refractivity contribution in [3.63, 3.8) is 0 Å². The number of pyridine rings is 5. The maximum Gasteiger partial charge on any atom is 0.489 e. The van der Waals surface area contributed by atoms with Crippen LogP contribution in [0.25, 0.3) is 77.4 Å². The van der Waals surface area contributed by atoms with Crippen molar-refractivity contribution in [1.29, 1.82) is 0 Å². The molecule has 0 unspecified atom stereocenters. The molecule has 674 valence electrons. The number of amides is 2. The van der Waals surface area contributed by atoms with Crippen molar-refractivity contribution in [2.75, 3.05) is 39.3 Å². The zero-order valence-electron chi connectivity index (χ0n) is 65.3. The van der Waals surface area contributed by atoms with E-state index in [0.29, 0.717) is 33.0 Å². The summed E-state index contributed by atoms with van der Waals surface area (Å²) < 4.78 is 280. The number of hydrogen-bond acceptors (Lipinski definition) is 18. The van der Waals surface area contributed by atoms with E-state index in [4.69, 9.17) is 36.9 Å². The lowest BCUT2D eigenvalue weighted by Crippen LogP contribution is -2.37. The number of alkyl halides is 15. The Morgan fingerprint density at radius 1 is 0.424 bits per heavy atom. The van der Waals surface area contributed by atoms with Crippen molar-refractivity contribution in [3.05, 3.63) is 208 Å². The van der Waals surface area contributed by atoms with E-state index in [0.717, 1.165) is 40.4 Å². The van der Waals surface area contributed by atoms with Crippen LogP contribution in [0.4, 0.5) is 75.4 Å². The van der Waals surface area contributed by atoms with E-state index in [2.05, 4.69) is 90.6 Å². The van der Waals surface area contributed by atoms with Crippen molar-refractivity contribution in [2.24, 2.45) is 5.73 Å². The van der Waals surface area contributed by atoms with Gasteiger partial charge in [0.05, 0.1) is 19.7 Å². The number of aryl methyl sites for hydroxylation is 1. The number of nitrogens with one attached hydrogen (secondary N) is 10. The first-order chi connectivity index (χ1) is 57.4. The maximum absolute atomic E-state index is 13.0. The van der Waals surface area contributed by atoms with Crippen molar-refractivity contribution in [2.45, 2.75) is 113 Å². The van der Waals surface area contributed by atoms with Crippen LogP contribution in [-0.2, 0) is 70.4 Å². The Hall–Kier alpha value is -11.0. The second kappa shape index (κ2) is 41.0. The van der Waals surface area contributed by atoms with Gasteiger partial charge in [-0.15, -0.1) is 0 Å². The van der Waals surface area contributed by atoms with E-state index < -0.39 is 120 Å². The van der Waals surface area contributed by atoms with Crippen molar-refractivity contribution < 1.29 is 120 Å². The molecule has 0 saturated carbocycles. The van der Waals surface area contributed by atoms with Gasteiger partial charge in [-0.25, -0.2) is 73.9 Å². The summed E-state index contributed by atoms with van der Waals surface area (Å²) in [5, 5.41) is 24.5. The molecule has 28 nitrogen and oxygen atoms in total. The molecule has 13 aromatic rings. The van der Waals surface area contributed by atoms with Crippen LogP contribution < -0.4 is 36.0 Å². The Labute approximate surface area is 716 Å². The molecule has 3 aromatic carbocycles. The number of carbonyl (C=O) groups excluding carboxylic acids is 2. The number of nitrogens with two attached hydrogens (primary N) is 1. The van der Waals surface area contributed by atoms with Crippen LogP contribution in [0.15, 0.2) is 184 Å². The first kappa shape index (κ1) is 101. The minimum Gasteiger partial charge on any atom is -0.444 e. The summed E-state index contributed by atoms with van der Waals surface area (Å²) in [5.41, 5.74) is 3.09. The monoisotopic (exact) mass is 1910 g/mol. The minimum atomic E-state index is -4.54. The molecule has 10 heterocycles. The third kappa shape index (κ3) is 28.8. The molecule has 13 rings (SSSR count). The number of halogens is 17. The highest BCUT2D eigenvalue weighted by molar-refractivity contribution is 9.10. The smallest absolute Gasteiger partial charge is 0.444 e. The molecule has 0 saturated heterocycles. The lowest BCUT2D eigenvalue weighted by molar-refractivity contribution is -0.141. The van der Waals surface area contributed by atoms with E-state index in [1.165, 1.54) is 104 Å². The van der Waals surface area contributed by atoms with Crippen LogP contribution in [0.5, 0.6) is 0 Å². The summed E-state index contributed by atoms with van der Waals surface area (Å²) in [7, 11) is -12.9. The summed E-state index contributed by atoms with van der Waals surface area (Å²) >= 11 is 8.93. The molecule has 10 aromatic heterocycles. The minimum absolute atomic E-state index is 0. The van der Waals surface area contributed by atoms with Gasteiger partial charge in [-0.3, -0.25) is 0 Å². The number of aromatic nitrogens is 10. The van der Waals surface area contributed by atoms with Gasteiger partial charge in [0.25, 0.3) is 0 Å². The van der Waals surface area contributed by atoms with Gasteiger partial charge >= 0.3 is 50.2 Å². The first-order valence-electron chi connectivity index (χ1n) is 35.8. The highest BCUT2D eigenvalue weighted by atomic mass is 79.9. The quantitative estimate of drug-likeness (QED) is 0.0229. The number of sulfonamides is 3. The highest BCUT2D eigenvalue weighted by Crippen LogP contribution is 2.39. The number of hydrogen-bond donors (Lipinski definition) is 13. The lowest BCUT2D eigenvalue weighted by atomic mass is 9.79. The molecule has 0 bridgehead atoms. The number of rotatable bonds is 17. The van der Waals surface area contributed by atoms with Gasteiger partial charge in [-0.2, -0.15) is 65.9 Å². The Bertz CT molecular complexity index is 6140. The molecular weight excluding hydrogens is 1840 g/mol. The third-order valence-electron chi connectivity index (χ3n) is 16.3. The van der Waals surface area contributed by atoms with Gasteiger partial charge in [0.2, 0.25) is 30.1 Å². The molecular formula is C76H78BBrClF15N16O12S3. The number of nitrogens with zero attached hydrogens (tertiary/aromatic N) is 5. The van der Waals surface area contributed by atoms with Gasteiger partial charge in [0.1, 0.15) is 67.9 Å². The number of H-pyrrole nitrogens is 5. The molecule has 14 N–H and O–H groups in total. The molecule has 0 aliphatic carbocycles. The van der Waals surface area contributed by atoms with E-state index in [9.17, 15) is 101 Å². The third-order valence-corrected chi connectivity index (χ3v) is 21.6. The average molecular weight is 1910 g/mol. The fourth-order valence-corrected chi connectivity index (χ4v) is 14.3. The van der Waals surface area contributed by atoms with Crippen molar-refractivity contribution >= 4 is 138 Å². The predicted molar refractivity (Wildman–Crippen MR) is 440 cm³/mol. The Kier molecular flexibility index (Phi) is 33.2. The van der Waals surface area contributed by atoms with Crippen LogP contribution in [0.2, 0.25) is 5.02 Å². The zero-order valence-corrected chi connectivity index (χ0v) is 70.1. The standard InChI is InChI=1S/C21H23F3N4O4S.C16H15F3N4O2S.C13H19BrN2O4S.C9H7F3N2.C8H6BF3N2O2.C8H4ClF3N2.CH4/c1-20(2,3)32-19(29)26-10-11-27-33(30,31)14-6-4-13(5-7-14)15-8-9-25-18-16(15)12-17(28-18)21(22,23)24;17-16(18,19)14-9-13-12(5-7-21-15(13)23-14)10-1-3-11(4-2-10)26(24,25)22-8-6-20;1-13(2,3)20-12(17)15-8-9-16-21(18,19)11-6-4-10(14)5-7-11;1-5-2-3-13-8-6(5)4-7(14-8)9(10,11)12;10-8(11,12)6-3-4-5(9(15)16)1-2-13-7(4)14-6;9-5-1-2-13-7-4(5)3-6(14-7)8(10,11)12;/h4-9,12,27H,10-11H2,1-3H3,(H,25,28)(H,26,29);1-5,7,9,22H,6,8,20H2,(H,21,23);4-7,16H,8-9H2,1-3H3,(H,15,17);2-4H,1H3,(H,13,14);1-3,15-16H,(H,13,14);1-3H,(H,13,14);1H4. The van der Waals surface area contributed by atoms with Crippen LogP contribution >= 0.6 is 27.5 Å². The largest absolute Gasteiger partial charge is 0.489 e. The topological polar surface area (TPSA) is 425 Å². The van der Waals surface area contributed by atoms with Gasteiger partial charge in [-0.1, -0.05) is 59.2 Å². The Morgan fingerprint density at radius 3 is 1.04 bits per heavy atom. The molecule has 0 aliphatic heterocycles. The normalized spacial score (nSPS) is 12.3. The molecule has 125 heavy (non-hydrogen) atoms. The van der Waals surface area contributed by atoms with Crippen molar-refractivity contribution in [3.8, 4) is 22.3 Å². The SMILES string of the molecule is C.CC(C)(C)OC(=O)NCCNS(=O)(=O)c1ccc(-c2ccnc3[nH]c(C(F)(F)F)cc23)cc1.CC(C)(C)OC(=O)NCCNS(=O)(=O)c1ccc(Br)cc1.Cc1ccnc2[nH]c(C(F)(F)F)cc12.FC(F)(F)c1cc2c(Cl)ccnc2[nH]1.NCCNS(=O)(=O)c1ccc(-c2ccnc3[nH]c(C(F)(F)F)cc23)cc1.OB(O)c1ccnc2[nH]c(C(F)(F)F)cc12. The fourth-order valence-electron chi connectivity index (χ4n) is 10.8. The van der Waals surface area contributed by atoms with Crippen LogP contribution in [-0.4, -0.2) is 155 Å². The van der Waals surface area contributed by atoms with Crippen LogP contribution in [0, 0.1) is 6.92 Å². The van der Waals surface area contributed by atoms with Crippen LogP contribution in [0.3, 0.4) is 0 Å². The van der Waals surface area contributed by atoms with Crippen molar-refractivity contribution in [1.82, 2.24) is 74.6 Å². The molecule has 0 spiro atoms. The predicted octanol–water partition coefficient (Wildman–Crippen LogP) is 15.8. The van der Waals surface area contributed by atoms with E-state index in [1.54, 1.807) is 78.8 Å². The number of alkyl carbamates (subject to hydrolysis) is 2. The first-order valence-corrected chi connectivity index (χ1v) is 41.4. The summed E-state index contributed by atoms with van der Waals surface area (Å²) in [6, 6.07) is 30.1. The maximum atomic E-state index is 13.0. The highest BCUT2D eigenvalue weighted by Gasteiger charge is 2.38. The molecule has 0 atom stereocenters. The van der Waals surface area contributed by atoms with E-state index >= 15 is 0 Å². The Morgan fingerprint density at radius 2 is 0.712 bits per heavy atom. The zero-order chi connectivity index (χ0) is 92.1. The summed E-state index contributed by atoms with van der Waals surface area (Å²) in [6.45, 7) is 12.6.